The third kappa shape index (κ3) is 1.65. The number of nitrogens with zero attached hydrogens (tertiary/aromatic N) is 3. The van der Waals surface area contributed by atoms with E-state index in [0.717, 1.165) is 31.9 Å². The molecule has 13 heavy (non-hydrogen) atoms. The Bertz CT molecular complexity index is 271. The van der Waals surface area contributed by atoms with Crippen LogP contribution in [-0.4, -0.2) is 28.0 Å². The molecule has 2 heterocycles. The van der Waals surface area contributed by atoms with Gasteiger partial charge in [0, 0.05) is 19.6 Å². The summed E-state index contributed by atoms with van der Waals surface area (Å²) in [5.74, 6) is 1.62. The highest BCUT2D eigenvalue weighted by Gasteiger charge is 2.20. The van der Waals surface area contributed by atoms with Gasteiger partial charge in [-0.3, -0.25) is 0 Å². The highest BCUT2D eigenvalue weighted by molar-refractivity contribution is 5.17. The summed E-state index contributed by atoms with van der Waals surface area (Å²) in [7, 11) is 1.80. The van der Waals surface area contributed by atoms with Crippen LogP contribution in [0, 0.1) is 0 Å². The van der Waals surface area contributed by atoms with E-state index in [1.54, 1.807) is 11.7 Å². The third-order valence-corrected chi connectivity index (χ3v) is 2.34. The Balaban J connectivity index is 2.14. The topological polar surface area (TPSA) is 66.0 Å². The summed E-state index contributed by atoms with van der Waals surface area (Å²) < 4.78 is 6.96. The first-order chi connectivity index (χ1) is 6.27. The molecule has 1 unspecified atom stereocenters. The van der Waals surface area contributed by atoms with Crippen molar-refractivity contribution in [3.8, 4) is 0 Å². The van der Waals surface area contributed by atoms with Gasteiger partial charge in [0.1, 0.15) is 0 Å². The minimum atomic E-state index is 0.331. The fourth-order valence-corrected chi connectivity index (χ4v) is 1.53. The van der Waals surface area contributed by atoms with Crippen LogP contribution >= 0.6 is 0 Å². The smallest absolute Gasteiger partial charge is 0.218 e. The number of aromatic nitrogens is 3. The number of hydrogen-bond acceptors (Lipinski definition) is 4. The van der Waals surface area contributed by atoms with E-state index in [2.05, 4.69) is 10.1 Å². The number of nitrogen functional groups attached to an aromatic ring is 1. The fraction of sp³-hybridized carbons (Fsp3) is 0.750. The second kappa shape index (κ2) is 3.33. The molecule has 72 valence electrons. The zero-order chi connectivity index (χ0) is 9.26. The summed E-state index contributed by atoms with van der Waals surface area (Å²) in [6.07, 6.45) is 2.19. The maximum Gasteiger partial charge on any atom is 0.218 e. The number of nitrogens with two attached hydrogens (primary N) is 1. The molecule has 5 nitrogen and oxygen atoms in total. The standard InChI is InChI=1S/C8H14N4O/c1-12-8(9)10-7(11-12)6-3-2-4-13-5-6/h6H,2-5H2,1H3,(H2,9,10,11). The van der Waals surface area contributed by atoms with Crippen LogP contribution in [0.3, 0.4) is 0 Å². The van der Waals surface area contributed by atoms with Crippen LogP contribution in [0.1, 0.15) is 24.6 Å². The van der Waals surface area contributed by atoms with Crippen molar-refractivity contribution in [3.63, 3.8) is 0 Å². The molecule has 1 aromatic rings. The lowest BCUT2D eigenvalue weighted by molar-refractivity contribution is 0.0780. The molecule has 1 fully saturated rings. The van der Waals surface area contributed by atoms with E-state index in [-0.39, 0.29) is 0 Å². The van der Waals surface area contributed by atoms with Crippen molar-refractivity contribution in [2.75, 3.05) is 18.9 Å². The van der Waals surface area contributed by atoms with Crippen molar-refractivity contribution in [1.82, 2.24) is 14.8 Å². The lowest BCUT2D eigenvalue weighted by atomic mass is 10.0. The molecule has 1 aliphatic rings. The molecule has 5 heteroatoms. The summed E-state index contributed by atoms with van der Waals surface area (Å²) in [6, 6.07) is 0. The molecule has 0 amide bonds. The normalized spacial score (nSPS) is 23.3. The number of ether oxygens (including phenoxy) is 1. The van der Waals surface area contributed by atoms with Gasteiger partial charge in [-0.15, -0.1) is 0 Å². The molecular weight excluding hydrogens is 168 g/mol. The van der Waals surface area contributed by atoms with Gasteiger partial charge in [0.2, 0.25) is 5.95 Å². The van der Waals surface area contributed by atoms with Crippen molar-refractivity contribution in [1.29, 1.82) is 0 Å². The molecule has 0 aliphatic carbocycles. The average Bonchev–Trinajstić information content (AvgIpc) is 2.49. The largest absolute Gasteiger partial charge is 0.381 e. The van der Waals surface area contributed by atoms with Gasteiger partial charge in [-0.25, -0.2) is 4.68 Å². The van der Waals surface area contributed by atoms with Crippen LogP contribution in [0.2, 0.25) is 0 Å². The Labute approximate surface area is 76.9 Å². The quantitative estimate of drug-likeness (QED) is 0.678. The molecule has 0 radical (unpaired) electrons. The number of rotatable bonds is 1. The van der Waals surface area contributed by atoms with Crippen molar-refractivity contribution in [2.24, 2.45) is 7.05 Å². The maximum atomic E-state index is 5.60. The first-order valence-corrected chi connectivity index (χ1v) is 4.51. The first kappa shape index (κ1) is 8.50. The lowest BCUT2D eigenvalue weighted by Crippen LogP contribution is -2.16. The minimum absolute atomic E-state index is 0.331. The van der Waals surface area contributed by atoms with Gasteiger partial charge < -0.3 is 10.5 Å². The van der Waals surface area contributed by atoms with Crippen molar-refractivity contribution < 1.29 is 4.74 Å². The van der Waals surface area contributed by atoms with Crippen LogP contribution in [0.15, 0.2) is 0 Å². The zero-order valence-electron chi connectivity index (χ0n) is 7.73. The predicted molar refractivity (Wildman–Crippen MR) is 48.2 cm³/mol. The molecule has 0 saturated carbocycles. The zero-order valence-corrected chi connectivity index (χ0v) is 7.73. The SMILES string of the molecule is Cn1nc(C2CCCOC2)nc1N. The van der Waals surface area contributed by atoms with Gasteiger partial charge in [-0.1, -0.05) is 0 Å². The predicted octanol–water partition coefficient (Wildman–Crippen LogP) is 0.291. The molecule has 0 bridgehead atoms. The van der Waals surface area contributed by atoms with E-state index >= 15 is 0 Å². The number of anilines is 1. The monoisotopic (exact) mass is 182 g/mol. The van der Waals surface area contributed by atoms with Gasteiger partial charge in [-0.05, 0) is 12.8 Å². The highest BCUT2D eigenvalue weighted by Crippen LogP contribution is 2.22. The number of hydrogen-bond donors (Lipinski definition) is 1. The van der Waals surface area contributed by atoms with E-state index in [4.69, 9.17) is 10.5 Å². The Morgan fingerprint density at radius 1 is 1.62 bits per heavy atom. The molecule has 2 rings (SSSR count). The van der Waals surface area contributed by atoms with E-state index in [0.29, 0.717) is 11.9 Å². The number of aryl methyl sites for hydroxylation is 1. The summed E-state index contributed by atoms with van der Waals surface area (Å²) in [5, 5.41) is 4.23. The maximum absolute atomic E-state index is 5.60. The van der Waals surface area contributed by atoms with Gasteiger partial charge >= 0.3 is 0 Å². The summed E-state index contributed by atoms with van der Waals surface area (Å²) in [5.41, 5.74) is 5.60. The fourth-order valence-electron chi connectivity index (χ4n) is 1.53. The highest BCUT2D eigenvalue weighted by atomic mass is 16.5. The summed E-state index contributed by atoms with van der Waals surface area (Å²) >= 11 is 0. The van der Waals surface area contributed by atoms with Crippen LogP contribution in [0.5, 0.6) is 0 Å². The van der Waals surface area contributed by atoms with E-state index in [1.165, 1.54) is 0 Å². The molecule has 2 N–H and O–H groups in total. The van der Waals surface area contributed by atoms with E-state index < -0.39 is 0 Å². The molecule has 1 saturated heterocycles. The minimum Gasteiger partial charge on any atom is -0.381 e. The Morgan fingerprint density at radius 2 is 2.46 bits per heavy atom. The Hall–Kier alpha value is -1.10. The van der Waals surface area contributed by atoms with Crippen LogP contribution in [0.25, 0.3) is 0 Å². The van der Waals surface area contributed by atoms with Crippen LogP contribution in [-0.2, 0) is 11.8 Å². The second-order valence-corrected chi connectivity index (χ2v) is 3.37. The third-order valence-electron chi connectivity index (χ3n) is 2.34. The van der Waals surface area contributed by atoms with Crippen LogP contribution in [0.4, 0.5) is 5.95 Å². The van der Waals surface area contributed by atoms with E-state index in [9.17, 15) is 0 Å². The van der Waals surface area contributed by atoms with Gasteiger partial charge in [0.25, 0.3) is 0 Å². The van der Waals surface area contributed by atoms with E-state index in [1.807, 2.05) is 0 Å². The van der Waals surface area contributed by atoms with Crippen LogP contribution < -0.4 is 5.73 Å². The summed E-state index contributed by atoms with van der Waals surface area (Å²) in [6.45, 7) is 1.59. The summed E-state index contributed by atoms with van der Waals surface area (Å²) in [4.78, 5) is 4.18. The Morgan fingerprint density at radius 3 is 3.00 bits per heavy atom. The molecule has 0 aromatic carbocycles. The second-order valence-electron chi connectivity index (χ2n) is 3.37. The van der Waals surface area contributed by atoms with Gasteiger partial charge in [0.05, 0.1) is 6.61 Å². The molecule has 0 spiro atoms. The Kier molecular flexibility index (Phi) is 2.18. The van der Waals surface area contributed by atoms with Crippen molar-refractivity contribution in [2.45, 2.75) is 18.8 Å². The first-order valence-electron chi connectivity index (χ1n) is 4.51. The van der Waals surface area contributed by atoms with Gasteiger partial charge in [0.15, 0.2) is 5.82 Å². The van der Waals surface area contributed by atoms with Crippen molar-refractivity contribution in [3.05, 3.63) is 5.82 Å². The molecular formula is C8H14N4O. The van der Waals surface area contributed by atoms with Gasteiger partial charge in [-0.2, -0.15) is 10.1 Å². The average molecular weight is 182 g/mol. The van der Waals surface area contributed by atoms with Crippen molar-refractivity contribution >= 4 is 5.95 Å². The molecule has 1 aromatic heterocycles. The molecule has 1 aliphatic heterocycles. The lowest BCUT2D eigenvalue weighted by Gasteiger charge is -2.18. The molecule has 1 atom stereocenters.